The van der Waals surface area contributed by atoms with Crippen molar-refractivity contribution in [2.75, 3.05) is 5.32 Å². The summed E-state index contributed by atoms with van der Waals surface area (Å²) < 4.78 is 37.0. The molecule has 1 aliphatic carbocycles. The Balaban J connectivity index is 1.99. The summed E-state index contributed by atoms with van der Waals surface area (Å²) in [6, 6.07) is 5.61. The number of benzene rings is 1. The van der Waals surface area contributed by atoms with E-state index in [-0.39, 0.29) is 12.1 Å². The lowest BCUT2D eigenvalue weighted by atomic mass is 10.1. The van der Waals surface area contributed by atoms with Gasteiger partial charge in [-0.25, -0.2) is 0 Å². The van der Waals surface area contributed by atoms with Crippen LogP contribution in [0.2, 0.25) is 0 Å². The number of alkyl halides is 3. The Morgan fingerprint density at radius 1 is 1.12 bits per heavy atom. The van der Waals surface area contributed by atoms with Gasteiger partial charge in [-0.2, -0.15) is 13.2 Å². The average Bonchev–Trinajstić information content (AvgIpc) is 2.63. The fourth-order valence-electron chi connectivity index (χ4n) is 2.14. The molecule has 0 saturated heterocycles. The molecule has 17 heavy (non-hydrogen) atoms. The molecule has 1 fully saturated rings. The lowest BCUT2D eigenvalue weighted by Gasteiger charge is -2.14. The minimum atomic E-state index is -4.27. The van der Waals surface area contributed by atoms with Crippen LogP contribution in [-0.4, -0.2) is 12.1 Å². The molecule has 1 saturated carbocycles. The van der Waals surface area contributed by atoms with Crippen LogP contribution in [0.5, 0.6) is 0 Å². The summed E-state index contributed by atoms with van der Waals surface area (Å²) in [5.74, 6) is 0. The van der Waals surface area contributed by atoms with E-state index in [0.29, 0.717) is 0 Å². The zero-order valence-corrected chi connectivity index (χ0v) is 9.30. The third kappa shape index (κ3) is 3.12. The van der Waals surface area contributed by atoms with E-state index in [9.17, 15) is 13.2 Å². The molecular formula is C12H15F3N2. The fraction of sp³-hybridized carbons (Fsp3) is 0.500. The van der Waals surface area contributed by atoms with Gasteiger partial charge in [0.1, 0.15) is 0 Å². The number of halogens is 3. The SMILES string of the molecule is NC1CCC(Nc2ccc(C(F)(F)F)cc2)C1. The summed E-state index contributed by atoms with van der Waals surface area (Å²) in [4.78, 5) is 0. The number of nitrogens with two attached hydrogens (primary N) is 1. The van der Waals surface area contributed by atoms with Gasteiger partial charge >= 0.3 is 6.18 Å². The van der Waals surface area contributed by atoms with E-state index in [1.807, 2.05) is 0 Å². The first-order valence-electron chi connectivity index (χ1n) is 5.64. The van der Waals surface area contributed by atoms with E-state index in [4.69, 9.17) is 5.73 Å². The van der Waals surface area contributed by atoms with Crippen molar-refractivity contribution in [3.05, 3.63) is 29.8 Å². The minimum Gasteiger partial charge on any atom is -0.382 e. The summed E-state index contributed by atoms with van der Waals surface area (Å²) in [5.41, 5.74) is 5.87. The molecule has 2 atom stereocenters. The molecule has 0 bridgehead atoms. The Hall–Kier alpha value is -1.23. The molecule has 0 aliphatic heterocycles. The number of rotatable bonds is 2. The highest BCUT2D eigenvalue weighted by Gasteiger charge is 2.30. The van der Waals surface area contributed by atoms with Crippen molar-refractivity contribution in [3.63, 3.8) is 0 Å². The van der Waals surface area contributed by atoms with E-state index >= 15 is 0 Å². The highest BCUT2D eigenvalue weighted by atomic mass is 19.4. The van der Waals surface area contributed by atoms with Crippen LogP contribution in [0.1, 0.15) is 24.8 Å². The van der Waals surface area contributed by atoms with Gasteiger partial charge in [-0.05, 0) is 43.5 Å². The summed E-state index contributed by atoms with van der Waals surface area (Å²) >= 11 is 0. The summed E-state index contributed by atoms with van der Waals surface area (Å²) in [6.07, 6.45) is -1.45. The van der Waals surface area contributed by atoms with Crippen molar-refractivity contribution in [2.45, 2.75) is 37.5 Å². The van der Waals surface area contributed by atoms with Gasteiger partial charge in [0, 0.05) is 17.8 Å². The van der Waals surface area contributed by atoms with Crippen LogP contribution in [0.25, 0.3) is 0 Å². The maximum Gasteiger partial charge on any atom is 0.416 e. The lowest BCUT2D eigenvalue weighted by Crippen LogP contribution is -2.20. The van der Waals surface area contributed by atoms with Crippen LogP contribution in [-0.2, 0) is 6.18 Å². The van der Waals surface area contributed by atoms with Crippen molar-refractivity contribution in [3.8, 4) is 0 Å². The molecule has 0 radical (unpaired) electrons. The maximum atomic E-state index is 12.3. The molecule has 0 aromatic heterocycles. The third-order valence-corrected chi connectivity index (χ3v) is 3.06. The summed E-state index contributed by atoms with van der Waals surface area (Å²) in [5, 5.41) is 3.20. The van der Waals surface area contributed by atoms with Crippen LogP contribution in [0.3, 0.4) is 0 Å². The van der Waals surface area contributed by atoms with E-state index in [0.717, 1.165) is 37.1 Å². The highest BCUT2D eigenvalue weighted by molar-refractivity contribution is 5.46. The molecule has 0 heterocycles. The number of anilines is 1. The Morgan fingerprint density at radius 3 is 2.24 bits per heavy atom. The largest absolute Gasteiger partial charge is 0.416 e. The molecule has 2 unspecified atom stereocenters. The molecule has 1 aromatic rings. The van der Waals surface area contributed by atoms with Gasteiger partial charge in [0.15, 0.2) is 0 Å². The molecule has 3 N–H and O–H groups in total. The van der Waals surface area contributed by atoms with E-state index < -0.39 is 11.7 Å². The normalized spacial score (nSPS) is 24.9. The number of hydrogen-bond donors (Lipinski definition) is 2. The van der Waals surface area contributed by atoms with Gasteiger partial charge in [0.2, 0.25) is 0 Å². The summed E-state index contributed by atoms with van der Waals surface area (Å²) in [6.45, 7) is 0. The molecule has 0 amide bonds. The zero-order valence-electron chi connectivity index (χ0n) is 9.30. The van der Waals surface area contributed by atoms with Crippen LogP contribution in [0.4, 0.5) is 18.9 Å². The maximum absolute atomic E-state index is 12.3. The van der Waals surface area contributed by atoms with Gasteiger partial charge in [0.05, 0.1) is 5.56 Å². The van der Waals surface area contributed by atoms with Crippen molar-refractivity contribution < 1.29 is 13.2 Å². The molecule has 1 aromatic carbocycles. The van der Waals surface area contributed by atoms with E-state index in [1.165, 1.54) is 12.1 Å². The fourth-order valence-corrected chi connectivity index (χ4v) is 2.14. The van der Waals surface area contributed by atoms with Crippen molar-refractivity contribution in [1.29, 1.82) is 0 Å². The minimum absolute atomic E-state index is 0.210. The van der Waals surface area contributed by atoms with E-state index in [2.05, 4.69) is 5.32 Å². The Bertz CT molecular complexity index is 372. The quantitative estimate of drug-likeness (QED) is 0.839. The second kappa shape index (κ2) is 4.56. The first-order valence-corrected chi connectivity index (χ1v) is 5.64. The number of hydrogen-bond acceptors (Lipinski definition) is 2. The van der Waals surface area contributed by atoms with Gasteiger partial charge in [0.25, 0.3) is 0 Å². The monoisotopic (exact) mass is 244 g/mol. The predicted octanol–water partition coefficient (Wildman–Crippen LogP) is 3.00. The van der Waals surface area contributed by atoms with Crippen LogP contribution < -0.4 is 11.1 Å². The molecule has 2 nitrogen and oxygen atoms in total. The Labute approximate surface area is 98.0 Å². The zero-order chi connectivity index (χ0) is 12.5. The van der Waals surface area contributed by atoms with Crippen molar-refractivity contribution >= 4 is 5.69 Å². The topological polar surface area (TPSA) is 38.0 Å². The van der Waals surface area contributed by atoms with Gasteiger partial charge < -0.3 is 11.1 Å². The van der Waals surface area contributed by atoms with Crippen LogP contribution >= 0.6 is 0 Å². The predicted molar refractivity (Wildman–Crippen MR) is 60.7 cm³/mol. The second-order valence-corrected chi connectivity index (χ2v) is 4.49. The van der Waals surface area contributed by atoms with Crippen molar-refractivity contribution in [1.82, 2.24) is 0 Å². The first kappa shape index (κ1) is 12.2. The standard InChI is InChI=1S/C12H15F3N2/c13-12(14,15)8-1-4-10(5-2-8)17-11-6-3-9(16)7-11/h1-2,4-5,9,11,17H,3,6-7,16H2. The molecule has 5 heteroatoms. The molecular weight excluding hydrogens is 229 g/mol. The average molecular weight is 244 g/mol. The smallest absolute Gasteiger partial charge is 0.382 e. The molecule has 1 aliphatic rings. The van der Waals surface area contributed by atoms with E-state index in [1.54, 1.807) is 0 Å². The summed E-state index contributed by atoms with van der Waals surface area (Å²) in [7, 11) is 0. The lowest BCUT2D eigenvalue weighted by molar-refractivity contribution is -0.137. The van der Waals surface area contributed by atoms with Gasteiger partial charge in [-0.1, -0.05) is 0 Å². The third-order valence-electron chi connectivity index (χ3n) is 3.06. The second-order valence-electron chi connectivity index (χ2n) is 4.49. The Morgan fingerprint density at radius 2 is 1.76 bits per heavy atom. The first-order chi connectivity index (χ1) is 7.95. The van der Waals surface area contributed by atoms with Crippen LogP contribution in [0.15, 0.2) is 24.3 Å². The molecule has 0 spiro atoms. The van der Waals surface area contributed by atoms with Gasteiger partial charge in [-0.15, -0.1) is 0 Å². The highest BCUT2D eigenvalue weighted by Crippen LogP contribution is 2.30. The Kier molecular flexibility index (Phi) is 3.28. The molecule has 94 valence electrons. The molecule has 2 rings (SSSR count). The van der Waals surface area contributed by atoms with Crippen LogP contribution in [0, 0.1) is 0 Å². The van der Waals surface area contributed by atoms with Gasteiger partial charge in [-0.3, -0.25) is 0 Å². The van der Waals surface area contributed by atoms with Crippen molar-refractivity contribution in [2.24, 2.45) is 5.73 Å². The number of nitrogens with one attached hydrogen (secondary N) is 1.